The summed E-state index contributed by atoms with van der Waals surface area (Å²) < 4.78 is 0. The summed E-state index contributed by atoms with van der Waals surface area (Å²) in [5, 5.41) is 0. The maximum Gasteiger partial charge on any atom is 0.0726 e. The molecule has 0 N–H and O–H groups in total. The Kier molecular flexibility index (Phi) is 8.10. The van der Waals surface area contributed by atoms with Crippen LogP contribution in [0.25, 0.3) is 55.6 Å². The maximum atomic E-state index is 2.58. The van der Waals surface area contributed by atoms with Gasteiger partial charge in [-0.2, -0.15) is 0 Å². The molecule has 9 aromatic rings. The lowest BCUT2D eigenvalue weighted by atomic mass is 9.70. The minimum absolute atomic E-state index is 0.449. The summed E-state index contributed by atoms with van der Waals surface area (Å²) in [5.41, 5.74) is 24.3. The molecule has 0 bridgehead atoms. The molecule has 0 heterocycles. The van der Waals surface area contributed by atoms with E-state index in [-0.39, 0.29) is 0 Å². The van der Waals surface area contributed by atoms with E-state index in [2.05, 4.69) is 217 Å². The van der Waals surface area contributed by atoms with Gasteiger partial charge in [-0.3, -0.25) is 0 Å². The summed E-state index contributed by atoms with van der Waals surface area (Å²) in [6, 6.07) is 79.4. The fourth-order valence-corrected chi connectivity index (χ4v) is 11.0. The summed E-state index contributed by atoms with van der Waals surface area (Å²) in [6.07, 6.45) is 4.71. The highest BCUT2D eigenvalue weighted by Gasteiger charge is 2.52. The number of para-hydroxylation sites is 1. The van der Waals surface area contributed by atoms with E-state index in [1.807, 2.05) is 0 Å². The van der Waals surface area contributed by atoms with Gasteiger partial charge in [-0.1, -0.05) is 176 Å². The van der Waals surface area contributed by atoms with Crippen LogP contribution in [0.3, 0.4) is 0 Å². The molecule has 0 aliphatic heterocycles. The van der Waals surface area contributed by atoms with Crippen molar-refractivity contribution in [3.05, 3.63) is 246 Å². The van der Waals surface area contributed by atoms with Gasteiger partial charge < -0.3 is 4.90 Å². The number of rotatable bonds is 6. The molecular formula is C59H43N. The SMILES string of the molecule is c1ccc(-c2ccccc2-c2ccc(N(c3ccccc3)c3cc4c(cc3-c3cccc5c3CCCC5)-c3ccccc3C43c4ccccc4-c4ccccc43)cc2)cc1. The molecule has 0 fully saturated rings. The molecule has 3 aliphatic rings. The van der Waals surface area contributed by atoms with Crippen LogP contribution >= 0.6 is 0 Å². The third-order valence-electron chi connectivity index (χ3n) is 13.5. The quantitative estimate of drug-likeness (QED) is 0.163. The van der Waals surface area contributed by atoms with Crippen molar-refractivity contribution in [3.63, 3.8) is 0 Å². The number of benzene rings is 9. The Morgan fingerprint density at radius 1 is 0.317 bits per heavy atom. The average Bonchev–Trinajstić information content (AvgIpc) is 3.79. The Balaban J connectivity index is 1.14. The Bertz CT molecular complexity index is 3040. The van der Waals surface area contributed by atoms with Gasteiger partial charge in [0.25, 0.3) is 0 Å². The second-order valence-electron chi connectivity index (χ2n) is 16.6. The molecule has 1 heteroatoms. The Labute approximate surface area is 352 Å². The Morgan fingerprint density at radius 3 is 1.43 bits per heavy atom. The van der Waals surface area contributed by atoms with Gasteiger partial charge >= 0.3 is 0 Å². The van der Waals surface area contributed by atoms with Gasteiger partial charge in [-0.25, -0.2) is 0 Å². The summed E-state index contributed by atoms with van der Waals surface area (Å²) in [6.45, 7) is 0. The second kappa shape index (κ2) is 14.0. The molecule has 9 aromatic carbocycles. The highest BCUT2D eigenvalue weighted by Crippen LogP contribution is 2.64. The number of anilines is 3. The first kappa shape index (κ1) is 34.8. The van der Waals surface area contributed by atoms with Crippen molar-refractivity contribution in [2.24, 2.45) is 0 Å². The van der Waals surface area contributed by atoms with E-state index in [0.717, 1.165) is 24.2 Å². The van der Waals surface area contributed by atoms with Crippen molar-refractivity contribution in [3.8, 4) is 55.6 Å². The van der Waals surface area contributed by atoms with Gasteiger partial charge in [0.1, 0.15) is 0 Å². The van der Waals surface area contributed by atoms with Crippen molar-refractivity contribution >= 4 is 17.1 Å². The van der Waals surface area contributed by atoms with Gasteiger partial charge in [0.2, 0.25) is 0 Å². The first-order valence-electron chi connectivity index (χ1n) is 21.5. The molecule has 0 saturated heterocycles. The number of nitrogens with zero attached hydrogens (tertiary/aromatic N) is 1. The molecule has 0 aromatic heterocycles. The third kappa shape index (κ3) is 5.19. The molecule has 0 amide bonds. The molecule has 1 spiro atoms. The molecule has 0 unspecified atom stereocenters. The predicted molar refractivity (Wildman–Crippen MR) is 250 cm³/mol. The van der Waals surface area contributed by atoms with E-state index in [4.69, 9.17) is 0 Å². The average molecular weight is 766 g/mol. The zero-order chi connectivity index (χ0) is 39.6. The highest BCUT2D eigenvalue weighted by molar-refractivity contribution is 6.00. The zero-order valence-corrected chi connectivity index (χ0v) is 33.5. The van der Waals surface area contributed by atoms with E-state index >= 15 is 0 Å². The summed E-state index contributed by atoms with van der Waals surface area (Å²) in [7, 11) is 0. The van der Waals surface area contributed by atoms with Crippen LogP contribution in [0.4, 0.5) is 17.1 Å². The van der Waals surface area contributed by atoms with Gasteiger partial charge in [0.05, 0.1) is 11.1 Å². The Hall–Kier alpha value is -7.22. The fraction of sp³-hybridized carbons (Fsp3) is 0.0847. The largest absolute Gasteiger partial charge is 0.310 e. The molecule has 284 valence electrons. The van der Waals surface area contributed by atoms with Crippen molar-refractivity contribution in [1.82, 2.24) is 0 Å². The smallest absolute Gasteiger partial charge is 0.0726 e. The van der Waals surface area contributed by atoms with Gasteiger partial charge in [-0.15, -0.1) is 0 Å². The number of hydrogen-bond donors (Lipinski definition) is 0. The molecule has 60 heavy (non-hydrogen) atoms. The van der Waals surface area contributed by atoms with E-state index in [0.29, 0.717) is 0 Å². The van der Waals surface area contributed by atoms with Crippen LogP contribution < -0.4 is 4.90 Å². The lowest BCUT2D eigenvalue weighted by Crippen LogP contribution is -2.26. The summed E-state index contributed by atoms with van der Waals surface area (Å²) in [4.78, 5) is 2.52. The van der Waals surface area contributed by atoms with E-state index < -0.39 is 5.41 Å². The van der Waals surface area contributed by atoms with Crippen LogP contribution in [0.15, 0.2) is 212 Å². The van der Waals surface area contributed by atoms with Crippen LogP contribution in [-0.2, 0) is 18.3 Å². The van der Waals surface area contributed by atoms with Crippen LogP contribution in [0.2, 0.25) is 0 Å². The number of fused-ring (bicyclic) bond motifs is 11. The maximum absolute atomic E-state index is 2.58. The number of hydrogen-bond acceptors (Lipinski definition) is 1. The predicted octanol–water partition coefficient (Wildman–Crippen LogP) is 15.4. The monoisotopic (exact) mass is 765 g/mol. The molecule has 1 nitrogen and oxygen atoms in total. The van der Waals surface area contributed by atoms with E-state index in [9.17, 15) is 0 Å². The standard InChI is InChI=1S/C59H43N/c1-3-18-40(19-4-1)45-24-9-10-25-46(45)42-34-36-44(37-35-42)60(43-22-5-2-6-23-43)58-39-57-52(38-53(58)48-30-17-21-41-20-7-8-26-47(41)48)51-29-13-16-33-56(51)59(57)54-31-14-11-27-49(54)50-28-12-15-32-55(50)59/h1-6,9-19,21-25,27-39H,7-8,20,26H2. The van der Waals surface area contributed by atoms with Crippen molar-refractivity contribution < 1.29 is 0 Å². The minimum Gasteiger partial charge on any atom is -0.310 e. The van der Waals surface area contributed by atoms with Crippen LogP contribution in [0.5, 0.6) is 0 Å². The molecule has 3 aliphatic carbocycles. The zero-order valence-electron chi connectivity index (χ0n) is 33.5. The Morgan fingerprint density at radius 2 is 0.800 bits per heavy atom. The van der Waals surface area contributed by atoms with Crippen LogP contribution in [0.1, 0.15) is 46.2 Å². The van der Waals surface area contributed by atoms with Gasteiger partial charge in [0.15, 0.2) is 0 Å². The first-order chi connectivity index (χ1) is 29.8. The lowest BCUT2D eigenvalue weighted by molar-refractivity contribution is 0.687. The molecular weight excluding hydrogens is 723 g/mol. The van der Waals surface area contributed by atoms with Crippen molar-refractivity contribution in [2.45, 2.75) is 31.1 Å². The second-order valence-corrected chi connectivity index (χ2v) is 16.6. The third-order valence-corrected chi connectivity index (χ3v) is 13.5. The number of aryl methyl sites for hydroxylation is 1. The normalized spacial score (nSPS) is 13.9. The lowest BCUT2D eigenvalue weighted by Gasteiger charge is -2.34. The van der Waals surface area contributed by atoms with Crippen LogP contribution in [0, 0.1) is 0 Å². The fourth-order valence-electron chi connectivity index (χ4n) is 11.0. The molecule has 0 radical (unpaired) electrons. The van der Waals surface area contributed by atoms with Crippen molar-refractivity contribution in [1.29, 1.82) is 0 Å². The topological polar surface area (TPSA) is 3.24 Å². The van der Waals surface area contributed by atoms with Crippen LogP contribution in [-0.4, -0.2) is 0 Å². The molecule has 0 atom stereocenters. The molecule has 0 saturated carbocycles. The van der Waals surface area contributed by atoms with Crippen molar-refractivity contribution in [2.75, 3.05) is 4.90 Å². The van der Waals surface area contributed by atoms with Gasteiger partial charge in [0, 0.05) is 16.9 Å². The van der Waals surface area contributed by atoms with E-state index in [1.54, 1.807) is 0 Å². The first-order valence-corrected chi connectivity index (χ1v) is 21.5. The van der Waals surface area contributed by atoms with Gasteiger partial charge in [-0.05, 0) is 146 Å². The minimum atomic E-state index is -0.449. The summed E-state index contributed by atoms with van der Waals surface area (Å²) in [5.74, 6) is 0. The van der Waals surface area contributed by atoms with E-state index in [1.165, 1.54) is 108 Å². The molecule has 12 rings (SSSR count). The highest BCUT2D eigenvalue weighted by atomic mass is 15.1. The summed E-state index contributed by atoms with van der Waals surface area (Å²) >= 11 is 0.